The topological polar surface area (TPSA) is 53.4 Å². The zero-order valence-electron chi connectivity index (χ0n) is 8.65. The molecule has 0 aliphatic rings. The summed E-state index contributed by atoms with van der Waals surface area (Å²) in [5, 5.41) is 20.6. The van der Waals surface area contributed by atoms with Crippen molar-refractivity contribution in [2.24, 2.45) is 0 Å². The van der Waals surface area contributed by atoms with E-state index in [-0.39, 0.29) is 12.4 Å². The molecule has 4 heteroatoms. The van der Waals surface area contributed by atoms with Gasteiger partial charge in [0, 0.05) is 23.6 Å². The maximum Gasteiger partial charge on any atom is 0.136 e. The van der Waals surface area contributed by atoms with Gasteiger partial charge in [0.25, 0.3) is 0 Å². The molecular weight excluding hydrogens is 226 g/mol. The molecule has 0 fully saturated rings. The summed E-state index contributed by atoms with van der Waals surface area (Å²) in [6, 6.07) is 5.40. The van der Waals surface area contributed by atoms with Gasteiger partial charge >= 0.3 is 0 Å². The average Bonchev–Trinajstić information content (AvgIpc) is 2.29. The van der Waals surface area contributed by atoms with Crippen LogP contribution in [0.2, 0.25) is 5.15 Å². The molecule has 0 saturated carbocycles. The lowest BCUT2D eigenvalue weighted by Gasteiger charge is -2.07. The standard InChI is InChI=1S/C12H12ClNO2/c13-12-10-4-3-8(2-1-7-15)11(16)9(10)5-6-14-12/h3-6,15-16H,1-2,7H2. The number of pyridine rings is 1. The number of aromatic hydroxyl groups is 1. The maximum absolute atomic E-state index is 10.0. The summed E-state index contributed by atoms with van der Waals surface area (Å²) in [5.41, 5.74) is 0.823. The van der Waals surface area contributed by atoms with E-state index in [1.54, 1.807) is 12.3 Å². The highest BCUT2D eigenvalue weighted by Crippen LogP contribution is 2.32. The third-order valence-electron chi connectivity index (χ3n) is 2.56. The van der Waals surface area contributed by atoms with Gasteiger partial charge in [-0.25, -0.2) is 4.98 Å². The molecule has 0 bridgehead atoms. The van der Waals surface area contributed by atoms with Gasteiger partial charge in [0.15, 0.2) is 0 Å². The number of hydrogen-bond donors (Lipinski definition) is 2. The molecule has 0 spiro atoms. The molecule has 2 N–H and O–H groups in total. The third kappa shape index (κ3) is 1.96. The fourth-order valence-corrected chi connectivity index (χ4v) is 1.94. The average molecular weight is 238 g/mol. The lowest BCUT2D eigenvalue weighted by Crippen LogP contribution is -1.91. The Morgan fingerprint density at radius 3 is 2.75 bits per heavy atom. The van der Waals surface area contributed by atoms with E-state index < -0.39 is 0 Å². The number of aryl methyl sites for hydroxylation is 1. The summed E-state index contributed by atoms with van der Waals surface area (Å²) in [5.74, 6) is 0.232. The van der Waals surface area contributed by atoms with Gasteiger partial charge in [-0.05, 0) is 24.5 Å². The summed E-state index contributed by atoms with van der Waals surface area (Å²) in [7, 11) is 0. The number of phenols is 1. The van der Waals surface area contributed by atoms with E-state index in [2.05, 4.69) is 4.98 Å². The minimum atomic E-state index is 0.120. The number of hydrogen-bond acceptors (Lipinski definition) is 3. The van der Waals surface area contributed by atoms with Crippen molar-refractivity contribution in [1.29, 1.82) is 0 Å². The molecule has 0 atom stereocenters. The lowest BCUT2D eigenvalue weighted by atomic mass is 10.0. The summed E-state index contributed by atoms with van der Waals surface area (Å²) in [4.78, 5) is 3.95. The lowest BCUT2D eigenvalue weighted by molar-refractivity contribution is 0.288. The first-order valence-corrected chi connectivity index (χ1v) is 5.47. The molecule has 0 unspecified atom stereocenters. The fourth-order valence-electron chi connectivity index (χ4n) is 1.72. The molecule has 3 nitrogen and oxygen atoms in total. The molecule has 2 aromatic rings. The quantitative estimate of drug-likeness (QED) is 0.807. The number of benzene rings is 1. The molecule has 0 radical (unpaired) electrons. The van der Waals surface area contributed by atoms with Crippen LogP contribution >= 0.6 is 11.6 Å². The van der Waals surface area contributed by atoms with Crippen molar-refractivity contribution in [2.45, 2.75) is 12.8 Å². The number of nitrogens with zero attached hydrogens (tertiary/aromatic N) is 1. The van der Waals surface area contributed by atoms with Crippen molar-refractivity contribution in [3.63, 3.8) is 0 Å². The van der Waals surface area contributed by atoms with Gasteiger partial charge in [-0.15, -0.1) is 0 Å². The Hall–Kier alpha value is -1.32. The number of aliphatic hydroxyl groups is 1. The van der Waals surface area contributed by atoms with Crippen LogP contribution in [0.3, 0.4) is 0 Å². The summed E-state index contributed by atoms with van der Waals surface area (Å²) in [6.07, 6.45) is 2.86. The SMILES string of the molecule is OCCCc1ccc2c(Cl)nccc2c1O. The molecule has 84 valence electrons. The highest BCUT2D eigenvalue weighted by Gasteiger charge is 2.08. The molecule has 0 saturated heterocycles. The van der Waals surface area contributed by atoms with Crippen molar-refractivity contribution < 1.29 is 10.2 Å². The minimum Gasteiger partial charge on any atom is -0.507 e. The Kier molecular flexibility index (Phi) is 3.27. The van der Waals surface area contributed by atoms with Crippen molar-refractivity contribution in [3.8, 4) is 5.75 Å². The van der Waals surface area contributed by atoms with Gasteiger partial charge in [-0.2, -0.15) is 0 Å². The van der Waals surface area contributed by atoms with Crippen molar-refractivity contribution >= 4 is 22.4 Å². The van der Waals surface area contributed by atoms with E-state index >= 15 is 0 Å². The molecule has 2 rings (SSSR count). The van der Waals surface area contributed by atoms with Crippen molar-refractivity contribution in [2.75, 3.05) is 6.61 Å². The van der Waals surface area contributed by atoms with Gasteiger partial charge in [-0.1, -0.05) is 23.7 Å². The summed E-state index contributed by atoms with van der Waals surface area (Å²) < 4.78 is 0. The van der Waals surface area contributed by atoms with E-state index in [0.29, 0.717) is 23.4 Å². The number of aromatic nitrogens is 1. The normalized spacial score (nSPS) is 10.9. The van der Waals surface area contributed by atoms with Crippen molar-refractivity contribution in [3.05, 3.63) is 35.1 Å². The predicted octanol–water partition coefficient (Wildman–Crippen LogP) is 2.52. The monoisotopic (exact) mass is 237 g/mol. The molecule has 1 heterocycles. The number of rotatable bonds is 3. The van der Waals surface area contributed by atoms with Crippen LogP contribution in [0.25, 0.3) is 10.8 Å². The Morgan fingerprint density at radius 1 is 1.19 bits per heavy atom. The van der Waals surface area contributed by atoms with Crippen LogP contribution in [-0.4, -0.2) is 21.8 Å². The van der Waals surface area contributed by atoms with Gasteiger partial charge < -0.3 is 10.2 Å². The van der Waals surface area contributed by atoms with E-state index in [0.717, 1.165) is 10.9 Å². The van der Waals surface area contributed by atoms with Crippen LogP contribution in [0.1, 0.15) is 12.0 Å². The van der Waals surface area contributed by atoms with Crippen LogP contribution in [0, 0.1) is 0 Å². The highest BCUT2D eigenvalue weighted by atomic mass is 35.5. The van der Waals surface area contributed by atoms with Crippen LogP contribution < -0.4 is 0 Å². The van der Waals surface area contributed by atoms with E-state index in [9.17, 15) is 5.11 Å². The van der Waals surface area contributed by atoms with Gasteiger partial charge in [0.2, 0.25) is 0 Å². The van der Waals surface area contributed by atoms with Crippen molar-refractivity contribution in [1.82, 2.24) is 4.98 Å². The minimum absolute atomic E-state index is 0.120. The second kappa shape index (κ2) is 4.68. The van der Waals surface area contributed by atoms with Gasteiger partial charge in [0.1, 0.15) is 10.9 Å². The summed E-state index contributed by atoms with van der Waals surface area (Å²) >= 11 is 5.92. The fraction of sp³-hybridized carbons (Fsp3) is 0.250. The molecule has 0 aliphatic carbocycles. The van der Waals surface area contributed by atoms with Crippen LogP contribution in [-0.2, 0) is 6.42 Å². The Bertz CT molecular complexity index is 514. The first-order chi connectivity index (χ1) is 7.74. The highest BCUT2D eigenvalue weighted by molar-refractivity contribution is 6.34. The molecular formula is C12H12ClNO2. The van der Waals surface area contributed by atoms with Gasteiger partial charge in [0.05, 0.1) is 0 Å². The molecule has 1 aromatic carbocycles. The number of fused-ring (bicyclic) bond motifs is 1. The van der Waals surface area contributed by atoms with Crippen LogP contribution in [0.4, 0.5) is 0 Å². The number of halogens is 1. The molecule has 1 aromatic heterocycles. The molecule has 0 amide bonds. The smallest absolute Gasteiger partial charge is 0.136 e. The zero-order valence-corrected chi connectivity index (χ0v) is 9.41. The number of phenolic OH excluding ortho intramolecular Hbond substituents is 1. The predicted molar refractivity (Wildman–Crippen MR) is 63.8 cm³/mol. The second-order valence-corrected chi connectivity index (χ2v) is 3.96. The second-order valence-electron chi connectivity index (χ2n) is 3.60. The van der Waals surface area contributed by atoms with Crippen LogP contribution in [0.5, 0.6) is 5.75 Å². The summed E-state index contributed by atoms with van der Waals surface area (Å²) in [6.45, 7) is 0.120. The zero-order chi connectivity index (χ0) is 11.5. The van der Waals surface area contributed by atoms with E-state index in [1.165, 1.54) is 0 Å². The Labute approximate surface area is 98.3 Å². The maximum atomic E-state index is 10.0. The van der Waals surface area contributed by atoms with E-state index in [4.69, 9.17) is 16.7 Å². The van der Waals surface area contributed by atoms with Crippen LogP contribution in [0.15, 0.2) is 24.4 Å². The first kappa shape index (κ1) is 11.2. The number of aliphatic hydroxyl groups excluding tert-OH is 1. The Morgan fingerprint density at radius 2 is 2.00 bits per heavy atom. The molecule has 0 aliphatic heterocycles. The largest absolute Gasteiger partial charge is 0.507 e. The third-order valence-corrected chi connectivity index (χ3v) is 2.86. The van der Waals surface area contributed by atoms with E-state index in [1.807, 2.05) is 12.1 Å². The molecule has 16 heavy (non-hydrogen) atoms. The Balaban J connectivity index is 2.52. The van der Waals surface area contributed by atoms with Gasteiger partial charge in [-0.3, -0.25) is 0 Å². The first-order valence-electron chi connectivity index (χ1n) is 5.10.